The van der Waals surface area contributed by atoms with Crippen LogP contribution in [0.2, 0.25) is 0 Å². The Balaban J connectivity index is 2.86. The SMILES string of the molecule is CCC(NC(=O)c1cccc(Br)c1C)C(C)C. The van der Waals surface area contributed by atoms with Crippen molar-refractivity contribution >= 4 is 21.8 Å². The fourth-order valence-corrected chi connectivity index (χ4v) is 2.21. The lowest BCUT2D eigenvalue weighted by atomic mass is 10.0. The van der Waals surface area contributed by atoms with Gasteiger partial charge < -0.3 is 5.32 Å². The van der Waals surface area contributed by atoms with E-state index in [-0.39, 0.29) is 11.9 Å². The molecule has 0 aromatic heterocycles. The summed E-state index contributed by atoms with van der Waals surface area (Å²) < 4.78 is 0.975. The van der Waals surface area contributed by atoms with E-state index in [9.17, 15) is 4.79 Å². The predicted octanol–water partition coefficient (Wildman–Crippen LogP) is 3.92. The first kappa shape index (κ1) is 14.2. The first-order chi connectivity index (χ1) is 7.97. The average Bonchev–Trinajstić information content (AvgIpc) is 2.28. The van der Waals surface area contributed by atoms with Crippen molar-refractivity contribution in [1.82, 2.24) is 5.32 Å². The molecule has 1 amide bonds. The second kappa shape index (κ2) is 6.20. The molecule has 0 aliphatic carbocycles. The molecule has 0 spiro atoms. The monoisotopic (exact) mass is 297 g/mol. The standard InChI is InChI=1S/C14H20BrNO/c1-5-13(9(2)3)16-14(17)11-7-6-8-12(15)10(11)4/h6-9,13H,5H2,1-4H3,(H,16,17). The highest BCUT2D eigenvalue weighted by molar-refractivity contribution is 9.10. The Morgan fingerprint density at radius 3 is 2.59 bits per heavy atom. The molecule has 1 atom stereocenters. The predicted molar refractivity (Wildman–Crippen MR) is 75.3 cm³/mol. The Morgan fingerprint density at radius 1 is 1.41 bits per heavy atom. The quantitative estimate of drug-likeness (QED) is 0.896. The molecule has 0 heterocycles. The smallest absolute Gasteiger partial charge is 0.251 e. The van der Waals surface area contributed by atoms with Gasteiger partial charge in [0.1, 0.15) is 0 Å². The first-order valence-corrected chi connectivity index (χ1v) is 6.82. The van der Waals surface area contributed by atoms with Crippen LogP contribution in [0.1, 0.15) is 43.1 Å². The maximum atomic E-state index is 12.2. The number of hydrogen-bond donors (Lipinski definition) is 1. The minimum atomic E-state index is 0.0179. The van der Waals surface area contributed by atoms with Crippen molar-refractivity contribution in [3.63, 3.8) is 0 Å². The van der Waals surface area contributed by atoms with Crippen molar-refractivity contribution in [2.75, 3.05) is 0 Å². The molecule has 1 unspecified atom stereocenters. The molecule has 0 saturated carbocycles. The number of carbonyl (C=O) groups excluding carboxylic acids is 1. The summed E-state index contributed by atoms with van der Waals surface area (Å²) in [7, 11) is 0. The lowest BCUT2D eigenvalue weighted by Crippen LogP contribution is -2.38. The molecule has 0 saturated heterocycles. The van der Waals surface area contributed by atoms with Crippen LogP contribution in [0.3, 0.4) is 0 Å². The molecule has 1 aromatic rings. The van der Waals surface area contributed by atoms with E-state index in [1.165, 1.54) is 0 Å². The van der Waals surface area contributed by atoms with Crippen molar-refractivity contribution in [2.24, 2.45) is 5.92 Å². The van der Waals surface area contributed by atoms with E-state index in [0.29, 0.717) is 5.92 Å². The molecule has 1 rings (SSSR count). The molecule has 3 heteroatoms. The molecular formula is C14H20BrNO. The van der Waals surface area contributed by atoms with Gasteiger partial charge in [-0.2, -0.15) is 0 Å². The molecule has 1 aromatic carbocycles. The Bertz CT molecular complexity index is 401. The molecule has 0 fully saturated rings. The van der Waals surface area contributed by atoms with Gasteiger partial charge in [0, 0.05) is 16.1 Å². The molecule has 94 valence electrons. The number of halogens is 1. The first-order valence-electron chi connectivity index (χ1n) is 6.03. The van der Waals surface area contributed by atoms with Gasteiger partial charge in [-0.3, -0.25) is 4.79 Å². The number of carbonyl (C=O) groups is 1. The summed E-state index contributed by atoms with van der Waals surface area (Å²) in [4.78, 5) is 12.2. The minimum Gasteiger partial charge on any atom is -0.349 e. The highest BCUT2D eigenvalue weighted by Gasteiger charge is 2.17. The van der Waals surface area contributed by atoms with Crippen LogP contribution in [0.15, 0.2) is 22.7 Å². The number of nitrogens with one attached hydrogen (secondary N) is 1. The lowest BCUT2D eigenvalue weighted by molar-refractivity contribution is 0.0924. The van der Waals surface area contributed by atoms with Crippen molar-refractivity contribution in [1.29, 1.82) is 0 Å². The van der Waals surface area contributed by atoms with Crippen LogP contribution >= 0.6 is 15.9 Å². The van der Waals surface area contributed by atoms with Crippen LogP contribution in [-0.4, -0.2) is 11.9 Å². The Labute approximate surface area is 112 Å². The summed E-state index contributed by atoms with van der Waals surface area (Å²) in [5.74, 6) is 0.473. The maximum Gasteiger partial charge on any atom is 0.251 e. The van der Waals surface area contributed by atoms with Gasteiger partial charge in [0.25, 0.3) is 5.91 Å². The number of benzene rings is 1. The van der Waals surface area contributed by atoms with Crippen molar-refractivity contribution in [3.05, 3.63) is 33.8 Å². The van der Waals surface area contributed by atoms with Crippen molar-refractivity contribution in [3.8, 4) is 0 Å². The number of hydrogen-bond acceptors (Lipinski definition) is 1. The van der Waals surface area contributed by atoms with E-state index in [2.05, 4.69) is 42.0 Å². The van der Waals surface area contributed by atoms with Crippen LogP contribution < -0.4 is 5.32 Å². The van der Waals surface area contributed by atoms with Gasteiger partial charge in [-0.1, -0.05) is 42.8 Å². The van der Waals surface area contributed by atoms with E-state index in [1.54, 1.807) is 0 Å². The summed E-state index contributed by atoms with van der Waals surface area (Å²) >= 11 is 3.45. The highest BCUT2D eigenvalue weighted by Crippen LogP contribution is 2.19. The van der Waals surface area contributed by atoms with E-state index < -0.39 is 0 Å². The summed E-state index contributed by atoms with van der Waals surface area (Å²) in [5, 5.41) is 3.09. The van der Waals surface area contributed by atoms with E-state index in [1.807, 2.05) is 25.1 Å². The van der Waals surface area contributed by atoms with E-state index in [4.69, 9.17) is 0 Å². The maximum absolute atomic E-state index is 12.2. The molecular weight excluding hydrogens is 278 g/mol. The minimum absolute atomic E-state index is 0.0179. The summed E-state index contributed by atoms with van der Waals surface area (Å²) in [6, 6.07) is 5.94. The van der Waals surface area contributed by atoms with Gasteiger partial charge in [0.15, 0.2) is 0 Å². The third-order valence-corrected chi connectivity index (χ3v) is 3.93. The zero-order chi connectivity index (χ0) is 13.0. The summed E-state index contributed by atoms with van der Waals surface area (Å²) in [6.45, 7) is 8.30. The fourth-order valence-electron chi connectivity index (χ4n) is 1.84. The third-order valence-electron chi connectivity index (χ3n) is 3.07. The second-order valence-corrected chi connectivity index (χ2v) is 5.50. The second-order valence-electron chi connectivity index (χ2n) is 4.64. The topological polar surface area (TPSA) is 29.1 Å². The largest absolute Gasteiger partial charge is 0.349 e. The van der Waals surface area contributed by atoms with Gasteiger partial charge in [0.05, 0.1) is 0 Å². The van der Waals surface area contributed by atoms with Gasteiger partial charge >= 0.3 is 0 Å². The molecule has 2 nitrogen and oxygen atoms in total. The Morgan fingerprint density at radius 2 is 2.06 bits per heavy atom. The zero-order valence-electron chi connectivity index (χ0n) is 10.9. The average molecular weight is 298 g/mol. The molecule has 17 heavy (non-hydrogen) atoms. The van der Waals surface area contributed by atoms with Gasteiger partial charge in [-0.15, -0.1) is 0 Å². The Kier molecular flexibility index (Phi) is 5.19. The molecule has 0 bridgehead atoms. The number of rotatable bonds is 4. The molecule has 1 N–H and O–H groups in total. The normalized spacial score (nSPS) is 12.6. The van der Waals surface area contributed by atoms with Crippen LogP contribution in [-0.2, 0) is 0 Å². The van der Waals surface area contributed by atoms with E-state index >= 15 is 0 Å². The molecule has 0 radical (unpaired) electrons. The van der Waals surface area contributed by atoms with Gasteiger partial charge in [-0.05, 0) is 37.0 Å². The van der Waals surface area contributed by atoms with Crippen LogP contribution in [0.25, 0.3) is 0 Å². The van der Waals surface area contributed by atoms with Crippen LogP contribution in [0.4, 0.5) is 0 Å². The fraction of sp³-hybridized carbons (Fsp3) is 0.500. The molecule has 0 aliphatic rings. The molecule has 0 aliphatic heterocycles. The van der Waals surface area contributed by atoms with Crippen molar-refractivity contribution < 1.29 is 4.79 Å². The van der Waals surface area contributed by atoms with E-state index in [0.717, 1.165) is 22.0 Å². The van der Waals surface area contributed by atoms with Gasteiger partial charge in [0.2, 0.25) is 0 Å². The highest BCUT2D eigenvalue weighted by atomic mass is 79.9. The summed E-state index contributed by atoms with van der Waals surface area (Å²) in [6.07, 6.45) is 0.955. The number of amides is 1. The zero-order valence-corrected chi connectivity index (χ0v) is 12.5. The lowest BCUT2D eigenvalue weighted by Gasteiger charge is -2.21. The summed E-state index contributed by atoms with van der Waals surface area (Å²) in [5.41, 5.74) is 1.74. The third kappa shape index (κ3) is 3.56. The van der Waals surface area contributed by atoms with Crippen molar-refractivity contribution in [2.45, 2.75) is 40.2 Å². The van der Waals surface area contributed by atoms with Crippen LogP contribution in [0, 0.1) is 12.8 Å². The van der Waals surface area contributed by atoms with Crippen LogP contribution in [0.5, 0.6) is 0 Å². The Hall–Kier alpha value is -0.830. The van der Waals surface area contributed by atoms with Gasteiger partial charge in [-0.25, -0.2) is 0 Å².